The summed E-state index contributed by atoms with van der Waals surface area (Å²) in [5.74, 6) is -0.632. The van der Waals surface area contributed by atoms with Crippen molar-refractivity contribution in [2.75, 3.05) is 6.61 Å². The van der Waals surface area contributed by atoms with Gasteiger partial charge in [-0.1, -0.05) is 27.7 Å². The minimum atomic E-state index is -1.30. The van der Waals surface area contributed by atoms with Crippen LogP contribution in [0.5, 0.6) is 0 Å². The van der Waals surface area contributed by atoms with Crippen LogP contribution in [-0.4, -0.2) is 92.9 Å². The van der Waals surface area contributed by atoms with Gasteiger partial charge >= 0.3 is 5.97 Å². The lowest BCUT2D eigenvalue weighted by atomic mass is 9.41. The van der Waals surface area contributed by atoms with Gasteiger partial charge in [-0.3, -0.25) is 4.79 Å². The molecule has 0 amide bonds. The first-order valence-electron chi connectivity index (χ1n) is 18.3. The van der Waals surface area contributed by atoms with Crippen molar-refractivity contribution in [3.05, 3.63) is 0 Å². The van der Waals surface area contributed by atoms with Gasteiger partial charge in [0.15, 0.2) is 12.1 Å². The first-order valence-corrected chi connectivity index (χ1v) is 18.3. The molecule has 8 aliphatic rings. The summed E-state index contributed by atoms with van der Waals surface area (Å²) >= 11 is 0. The average Bonchev–Trinajstić information content (AvgIpc) is 3.49. The van der Waals surface area contributed by atoms with E-state index in [1.165, 1.54) is 6.92 Å². The van der Waals surface area contributed by atoms with Crippen LogP contribution in [-0.2, 0) is 28.5 Å². The van der Waals surface area contributed by atoms with Gasteiger partial charge < -0.3 is 44.1 Å². The third kappa shape index (κ3) is 3.88. The summed E-state index contributed by atoms with van der Waals surface area (Å²) in [5.41, 5.74) is -2.14. The maximum atomic E-state index is 12.9. The number of hydrogen-bond acceptors (Lipinski definition) is 10. The number of hydrogen-bond donors (Lipinski definition) is 4. The summed E-state index contributed by atoms with van der Waals surface area (Å²) in [5, 5.41) is 42.3. The molecule has 5 aliphatic carbocycles. The Labute approximate surface area is 279 Å². The lowest BCUT2D eigenvalue weighted by Gasteiger charge is -2.64. The molecule has 0 radical (unpaired) electrons. The second-order valence-electron chi connectivity index (χ2n) is 18.9. The third-order valence-electron chi connectivity index (χ3n) is 16.4. The van der Waals surface area contributed by atoms with Gasteiger partial charge in [0, 0.05) is 24.7 Å². The standard InChI is InChI=1S/C37H58O10/c1-19(38)44-28-26-27(33(7)14-16-37(46-26,47-33)31(4,5)42)32(6)13-15-36-18-35(36)12-11-23(45-29-25(41)24(40)20(39)17-43-29)30(2,3)21(35)9-10-22(36)34(28,32)8/h20-29,39-42H,9-18H2,1-8H3/t20-,21+,22+,23+,24+,25-,26?,27?,28+,29+,32-,33+,34-,35-,36+,37+/m1/s1. The van der Waals surface area contributed by atoms with Gasteiger partial charge in [-0.25, -0.2) is 0 Å². The predicted octanol–water partition coefficient (Wildman–Crippen LogP) is 3.84. The predicted molar refractivity (Wildman–Crippen MR) is 168 cm³/mol. The minimum Gasteiger partial charge on any atom is -0.459 e. The Morgan fingerprint density at radius 1 is 0.872 bits per heavy atom. The van der Waals surface area contributed by atoms with Crippen molar-refractivity contribution in [3.8, 4) is 0 Å². The monoisotopic (exact) mass is 662 g/mol. The highest BCUT2D eigenvalue weighted by atomic mass is 16.7. The first kappa shape index (κ1) is 33.3. The van der Waals surface area contributed by atoms with E-state index in [1.807, 2.05) is 0 Å². The largest absolute Gasteiger partial charge is 0.459 e. The highest BCUT2D eigenvalue weighted by Gasteiger charge is 2.87. The van der Waals surface area contributed by atoms with Crippen LogP contribution in [0.15, 0.2) is 0 Å². The second-order valence-corrected chi connectivity index (χ2v) is 18.9. The van der Waals surface area contributed by atoms with E-state index in [2.05, 4.69) is 34.6 Å². The molecule has 16 atom stereocenters. The fourth-order valence-electron chi connectivity index (χ4n) is 14.2. The van der Waals surface area contributed by atoms with Gasteiger partial charge in [0.05, 0.1) is 18.3 Å². The van der Waals surface area contributed by atoms with Gasteiger partial charge in [0.25, 0.3) is 0 Å². The van der Waals surface area contributed by atoms with E-state index < -0.39 is 47.7 Å². The quantitative estimate of drug-likeness (QED) is 0.259. The molecule has 5 saturated carbocycles. The molecule has 8 fully saturated rings. The van der Waals surface area contributed by atoms with Crippen molar-refractivity contribution in [3.63, 3.8) is 0 Å². The number of carbonyl (C=O) groups excluding carboxylic acids is 1. The highest BCUT2D eigenvalue weighted by Crippen LogP contribution is 2.90. The Kier molecular flexibility index (Phi) is 6.89. The molecule has 10 nitrogen and oxygen atoms in total. The van der Waals surface area contributed by atoms with E-state index in [0.717, 1.165) is 51.4 Å². The van der Waals surface area contributed by atoms with Gasteiger partial charge in [-0.2, -0.15) is 0 Å². The van der Waals surface area contributed by atoms with Crippen molar-refractivity contribution >= 4 is 5.97 Å². The number of carbonyl (C=O) groups is 1. The number of fused-ring (bicyclic) bond motifs is 7. The number of rotatable bonds is 4. The van der Waals surface area contributed by atoms with Crippen LogP contribution >= 0.6 is 0 Å². The SMILES string of the molecule is CC(=O)O[C@H]1C2O[C@@]3(C(C)(C)O)CC[C@](C)(O3)C2[C@@]2(C)CC[C@@]34C[C@@]35CC[C@H](O[C@@H]3OC[C@@H](O)[C@H](O)[C@H]3O)C(C)(C)[C@@H]5CC[C@H]4[C@]12C. The molecular formula is C37H58O10. The maximum absolute atomic E-state index is 12.9. The molecule has 0 aromatic carbocycles. The smallest absolute Gasteiger partial charge is 0.303 e. The van der Waals surface area contributed by atoms with Crippen LogP contribution in [0.2, 0.25) is 0 Å². The molecule has 2 bridgehead atoms. The summed E-state index contributed by atoms with van der Waals surface area (Å²) in [4.78, 5) is 12.9. The fourth-order valence-corrected chi connectivity index (χ4v) is 14.2. The van der Waals surface area contributed by atoms with E-state index >= 15 is 0 Å². The molecule has 3 heterocycles. The fraction of sp³-hybridized carbons (Fsp3) is 0.973. The summed E-state index contributed by atoms with van der Waals surface area (Å²) in [6.45, 7) is 16.6. The Morgan fingerprint density at radius 3 is 2.23 bits per heavy atom. The molecule has 2 unspecified atom stereocenters. The van der Waals surface area contributed by atoms with Gasteiger partial charge in [-0.05, 0) is 106 Å². The Balaban J connectivity index is 1.13. The molecule has 47 heavy (non-hydrogen) atoms. The number of ether oxygens (including phenoxy) is 5. The third-order valence-corrected chi connectivity index (χ3v) is 16.4. The Bertz CT molecular complexity index is 1330. The topological polar surface area (TPSA) is 144 Å². The highest BCUT2D eigenvalue weighted by molar-refractivity contribution is 5.66. The summed E-state index contributed by atoms with van der Waals surface area (Å²) in [6.07, 6.45) is 2.97. The van der Waals surface area contributed by atoms with Gasteiger partial charge in [0.2, 0.25) is 0 Å². The first-order chi connectivity index (χ1) is 21.7. The molecule has 0 aromatic rings. The second kappa shape index (κ2) is 9.72. The van der Waals surface area contributed by atoms with Crippen LogP contribution in [0.25, 0.3) is 0 Å². The Morgan fingerprint density at radius 2 is 1.55 bits per heavy atom. The zero-order chi connectivity index (χ0) is 34.0. The van der Waals surface area contributed by atoms with Crippen molar-refractivity contribution in [1.29, 1.82) is 0 Å². The van der Waals surface area contributed by atoms with Crippen LogP contribution in [0, 0.1) is 44.8 Å². The molecule has 0 aromatic heterocycles. The zero-order valence-corrected chi connectivity index (χ0v) is 29.6. The van der Waals surface area contributed by atoms with Crippen LogP contribution in [0.3, 0.4) is 0 Å². The molecule has 266 valence electrons. The van der Waals surface area contributed by atoms with E-state index in [0.29, 0.717) is 18.3 Å². The lowest BCUT2D eigenvalue weighted by Crippen LogP contribution is -2.63. The van der Waals surface area contributed by atoms with E-state index in [1.54, 1.807) is 13.8 Å². The van der Waals surface area contributed by atoms with Crippen molar-refractivity contribution < 1.29 is 48.9 Å². The summed E-state index contributed by atoms with van der Waals surface area (Å²) in [7, 11) is 0. The molecule has 10 heteroatoms. The minimum absolute atomic E-state index is 0.0310. The molecular weight excluding hydrogens is 604 g/mol. The Hall–Kier alpha value is -0.850. The molecule has 3 aliphatic heterocycles. The van der Waals surface area contributed by atoms with E-state index in [4.69, 9.17) is 23.7 Å². The van der Waals surface area contributed by atoms with Crippen molar-refractivity contribution in [2.45, 2.75) is 173 Å². The average molecular weight is 663 g/mol. The molecule has 4 N–H and O–H groups in total. The number of aliphatic hydroxyl groups excluding tert-OH is 3. The summed E-state index contributed by atoms with van der Waals surface area (Å²) in [6, 6.07) is 0. The molecule has 8 rings (SSSR count). The normalized spacial score (nSPS) is 58.8. The van der Waals surface area contributed by atoms with Gasteiger partial charge in [0.1, 0.15) is 36.1 Å². The number of esters is 1. The van der Waals surface area contributed by atoms with Gasteiger partial charge in [-0.15, -0.1) is 0 Å². The van der Waals surface area contributed by atoms with Crippen LogP contribution in [0.1, 0.15) is 113 Å². The van der Waals surface area contributed by atoms with Crippen molar-refractivity contribution in [2.24, 2.45) is 44.8 Å². The zero-order valence-electron chi connectivity index (χ0n) is 29.6. The molecule has 3 saturated heterocycles. The van der Waals surface area contributed by atoms with Crippen LogP contribution in [0.4, 0.5) is 0 Å². The molecule has 2 spiro atoms. The lowest BCUT2D eigenvalue weighted by molar-refractivity contribution is -0.388. The van der Waals surface area contributed by atoms with E-state index in [9.17, 15) is 25.2 Å². The van der Waals surface area contributed by atoms with E-state index in [-0.39, 0.29) is 57.8 Å². The number of aliphatic hydroxyl groups is 4. The maximum Gasteiger partial charge on any atom is 0.303 e. The summed E-state index contributed by atoms with van der Waals surface area (Å²) < 4.78 is 32.5. The van der Waals surface area contributed by atoms with Crippen molar-refractivity contribution in [1.82, 2.24) is 0 Å². The van der Waals surface area contributed by atoms with Crippen LogP contribution < -0.4 is 0 Å².